The Bertz CT molecular complexity index is 215. The third-order valence-electron chi connectivity index (χ3n) is 1.54. The summed E-state index contributed by atoms with van der Waals surface area (Å²) in [5, 5.41) is 2.16. The summed E-state index contributed by atoms with van der Waals surface area (Å²) in [6, 6.07) is 2.19. The molecule has 1 aromatic rings. The monoisotopic (exact) mass is 184 g/mol. The summed E-state index contributed by atoms with van der Waals surface area (Å²) in [4.78, 5) is 1.51. The number of rotatable bonds is 0. The van der Waals surface area contributed by atoms with Crippen LogP contribution in [-0.4, -0.2) is 0 Å². The molecule has 0 saturated carbocycles. The van der Waals surface area contributed by atoms with Crippen molar-refractivity contribution in [2.24, 2.45) is 0 Å². The Morgan fingerprint density at radius 1 is 1.17 bits per heavy atom. The molecule has 0 spiro atoms. The zero-order valence-electron chi connectivity index (χ0n) is 9.06. The molecule has 0 nitrogen and oxygen atoms in total. The van der Waals surface area contributed by atoms with Gasteiger partial charge in [-0.25, -0.2) is 0 Å². The number of aryl methyl sites for hydroxylation is 1. The van der Waals surface area contributed by atoms with E-state index < -0.39 is 0 Å². The molecule has 0 fully saturated rings. The predicted octanol–water partition coefficient (Wildman–Crippen LogP) is 4.38. The highest BCUT2D eigenvalue weighted by atomic mass is 32.1. The lowest BCUT2D eigenvalue weighted by molar-refractivity contribution is 0.600. The van der Waals surface area contributed by atoms with E-state index in [1.165, 1.54) is 10.4 Å². The van der Waals surface area contributed by atoms with Crippen LogP contribution >= 0.6 is 11.3 Å². The van der Waals surface area contributed by atoms with Gasteiger partial charge >= 0.3 is 0 Å². The topological polar surface area (TPSA) is 0 Å². The Labute approximate surface area is 80.6 Å². The molecular formula is C11H20S. The van der Waals surface area contributed by atoms with Gasteiger partial charge in [0.1, 0.15) is 0 Å². The zero-order chi connectivity index (χ0) is 9.78. The highest BCUT2D eigenvalue weighted by Crippen LogP contribution is 2.29. The van der Waals surface area contributed by atoms with Crippen LogP contribution in [-0.2, 0) is 5.41 Å². The average Bonchev–Trinajstić information content (AvgIpc) is 2.38. The lowest BCUT2D eigenvalue weighted by Gasteiger charge is -2.17. The second-order valence-corrected chi connectivity index (χ2v) is 4.60. The minimum Gasteiger partial charge on any atom is -0.148 e. The van der Waals surface area contributed by atoms with Crippen LogP contribution in [0.5, 0.6) is 0 Å². The van der Waals surface area contributed by atoms with E-state index in [1.807, 2.05) is 25.2 Å². The maximum absolute atomic E-state index is 2.26. The van der Waals surface area contributed by atoms with Gasteiger partial charge in [-0.3, -0.25) is 0 Å². The van der Waals surface area contributed by atoms with Crippen molar-refractivity contribution < 1.29 is 0 Å². The smallest absolute Gasteiger partial charge is 0.0128 e. The van der Waals surface area contributed by atoms with Gasteiger partial charge in [-0.05, 0) is 29.3 Å². The Morgan fingerprint density at radius 3 is 1.83 bits per heavy atom. The molecule has 0 unspecified atom stereocenters. The van der Waals surface area contributed by atoms with Crippen LogP contribution in [0.2, 0.25) is 0 Å². The molecule has 1 heteroatoms. The van der Waals surface area contributed by atoms with E-state index in [1.54, 1.807) is 0 Å². The van der Waals surface area contributed by atoms with E-state index in [2.05, 4.69) is 39.1 Å². The Kier molecular flexibility index (Phi) is 4.54. The summed E-state index contributed by atoms with van der Waals surface area (Å²) in [6.45, 7) is 12.9. The van der Waals surface area contributed by atoms with Crippen LogP contribution in [0.15, 0.2) is 11.4 Å². The van der Waals surface area contributed by atoms with E-state index in [0.717, 1.165) is 0 Å². The predicted molar refractivity (Wildman–Crippen MR) is 59.1 cm³/mol. The van der Waals surface area contributed by atoms with Crippen LogP contribution in [0.1, 0.15) is 45.1 Å². The fourth-order valence-corrected chi connectivity index (χ4v) is 2.16. The zero-order valence-corrected chi connectivity index (χ0v) is 9.88. The minimum atomic E-state index is 0.332. The first kappa shape index (κ1) is 11.7. The van der Waals surface area contributed by atoms with Crippen molar-refractivity contribution in [3.8, 4) is 0 Å². The summed E-state index contributed by atoms with van der Waals surface area (Å²) >= 11 is 1.86. The molecule has 0 radical (unpaired) electrons. The van der Waals surface area contributed by atoms with Crippen molar-refractivity contribution in [2.75, 3.05) is 0 Å². The van der Waals surface area contributed by atoms with E-state index in [4.69, 9.17) is 0 Å². The van der Waals surface area contributed by atoms with Crippen molar-refractivity contribution in [3.63, 3.8) is 0 Å². The first-order valence-electron chi connectivity index (χ1n) is 4.56. The van der Waals surface area contributed by atoms with Crippen molar-refractivity contribution in [1.82, 2.24) is 0 Å². The van der Waals surface area contributed by atoms with Crippen molar-refractivity contribution in [2.45, 2.75) is 47.0 Å². The van der Waals surface area contributed by atoms with Gasteiger partial charge in [0.15, 0.2) is 0 Å². The standard InChI is InChI=1S/C9H14S.C2H6/c1-7-5-6-10-8(7)9(2,3)4;1-2/h5-6H,1-4H3;1-2H3. The van der Waals surface area contributed by atoms with E-state index in [9.17, 15) is 0 Å². The molecule has 1 heterocycles. The van der Waals surface area contributed by atoms with Crippen molar-refractivity contribution in [1.29, 1.82) is 0 Å². The van der Waals surface area contributed by atoms with Gasteiger partial charge in [0, 0.05) is 4.88 Å². The van der Waals surface area contributed by atoms with Gasteiger partial charge in [0.05, 0.1) is 0 Å². The molecule has 0 aliphatic heterocycles. The van der Waals surface area contributed by atoms with Crippen LogP contribution < -0.4 is 0 Å². The second-order valence-electron chi connectivity index (χ2n) is 3.68. The average molecular weight is 184 g/mol. The highest BCUT2D eigenvalue weighted by molar-refractivity contribution is 7.10. The Hall–Kier alpha value is -0.300. The van der Waals surface area contributed by atoms with Crippen LogP contribution in [0, 0.1) is 6.92 Å². The number of hydrogen-bond donors (Lipinski definition) is 0. The molecular weight excluding hydrogens is 164 g/mol. The third kappa shape index (κ3) is 2.98. The maximum Gasteiger partial charge on any atom is 0.0128 e. The van der Waals surface area contributed by atoms with Crippen LogP contribution in [0.3, 0.4) is 0 Å². The number of hydrogen-bond acceptors (Lipinski definition) is 1. The third-order valence-corrected chi connectivity index (χ3v) is 2.99. The first-order valence-corrected chi connectivity index (χ1v) is 5.44. The lowest BCUT2D eigenvalue weighted by Crippen LogP contribution is -2.09. The van der Waals surface area contributed by atoms with Gasteiger partial charge in [0.25, 0.3) is 0 Å². The molecule has 0 aliphatic rings. The van der Waals surface area contributed by atoms with Gasteiger partial charge in [-0.1, -0.05) is 34.6 Å². The largest absolute Gasteiger partial charge is 0.148 e. The molecule has 12 heavy (non-hydrogen) atoms. The molecule has 0 amide bonds. The molecule has 1 aromatic heterocycles. The summed E-state index contributed by atoms with van der Waals surface area (Å²) in [5.41, 5.74) is 1.76. The maximum atomic E-state index is 2.26. The molecule has 0 bridgehead atoms. The Morgan fingerprint density at radius 2 is 1.67 bits per heavy atom. The van der Waals surface area contributed by atoms with E-state index in [0.29, 0.717) is 5.41 Å². The summed E-state index contributed by atoms with van der Waals surface area (Å²) in [5.74, 6) is 0. The van der Waals surface area contributed by atoms with Gasteiger partial charge in [0.2, 0.25) is 0 Å². The summed E-state index contributed by atoms with van der Waals surface area (Å²) < 4.78 is 0. The molecule has 1 rings (SSSR count). The second kappa shape index (κ2) is 4.66. The number of thiophene rings is 1. The summed E-state index contributed by atoms with van der Waals surface area (Å²) in [6.07, 6.45) is 0. The van der Waals surface area contributed by atoms with Crippen molar-refractivity contribution >= 4 is 11.3 Å². The quantitative estimate of drug-likeness (QED) is 0.561. The van der Waals surface area contributed by atoms with E-state index in [-0.39, 0.29) is 0 Å². The molecule has 0 aliphatic carbocycles. The SMILES string of the molecule is CC.Cc1ccsc1C(C)(C)C. The molecule has 0 N–H and O–H groups in total. The van der Waals surface area contributed by atoms with E-state index >= 15 is 0 Å². The van der Waals surface area contributed by atoms with Crippen LogP contribution in [0.4, 0.5) is 0 Å². The summed E-state index contributed by atoms with van der Waals surface area (Å²) in [7, 11) is 0. The molecule has 0 aromatic carbocycles. The molecule has 0 saturated heterocycles. The molecule has 70 valence electrons. The fraction of sp³-hybridized carbons (Fsp3) is 0.636. The van der Waals surface area contributed by atoms with Gasteiger partial charge in [-0.15, -0.1) is 11.3 Å². The highest BCUT2D eigenvalue weighted by Gasteiger charge is 2.16. The molecule has 0 atom stereocenters. The van der Waals surface area contributed by atoms with Gasteiger partial charge in [-0.2, -0.15) is 0 Å². The first-order chi connectivity index (χ1) is 5.52. The van der Waals surface area contributed by atoms with Gasteiger partial charge < -0.3 is 0 Å². The Balaban J connectivity index is 0.000000561. The van der Waals surface area contributed by atoms with Crippen molar-refractivity contribution in [3.05, 3.63) is 21.9 Å². The normalized spacial score (nSPS) is 10.5. The lowest BCUT2D eigenvalue weighted by atomic mass is 9.92. The van der Waals surface area contributed by atoms with Crippen LogP contribution in [0.25, 0.3) is 0 Å². The minimum absolute atomic E-state index is 0.332. The fourth-order valence-electron chi connectivity index (χ4n) is 1.14.